The minimum absolute atomic E-state index is 0.149. The molecule has 0 bridgehead atoms. The van der Waals surface area contributed by atoms with Gasteiger partial charge in [-0.05, 0) is 42.6 Å². The van der Waals surface area contributed by atoms with Crippen molar-refractivity contribution in [2.45, 2.75) is 64.6 Å². The molecule has 38 heavy (non-hydrogen) atoms. The van der Waals surface area contributed by atoms with Crippen LogP contribution in [-0.2, 0) is 27.6 Å². The molecule has 1 N–H and O–H groups in total. The highest BCUT2D eigenvalue weighted by atomic mass is 31.2. The zero-order chi connectivity index (χ0) is 28.6. The van der Waals surface area contributed by atoms with Crippen LogP contribution in [0.3, 0.4) is 0 Å². The maximum atomic E-state index is 13.2. The molecule has 0 saturated heterocycles. The lowest BCUT2D eigenvalue weighted by Gasteiger charge is -2.43. The van der Waals surface area contributed by atoms with Crippen molar-refractivity contribution in [2.24, 2.45) is 0 Å². The molecule has 0 spiro atoms. The largest absolute Gasteiger partial charge is 0.444 e. The molecule has 0 aliphatic heterocycles. The summed E-state index contributed by atoms with van der Waals surface area (Å²) in [5.74, 6) is -0.492. The first-order chi connectivity index (χ1) is 17.7. The first-order valence-electron chi connectivity index (χ1n) is 12.7. The van der Waals surface area contributed by atoms with Gasteiger partial charge in [0.25, 0.3) is 8.32 Å². The second-order valence-electron chi connectivity index (χ2n) is 11.1. The molecule has 2 rings (SSSR count). The average molecular weight is 564 g/mol. The van der Waals surface area contributed by atoms with Gasteiger partial charge in [0.15, 0.2) is 5.78 Å². The zero-order valence-corrected chi connectivity index (χ0v) is 25.7. The number of nitrogens with one attached hydrogen (secondary N) is 1. The summed E-state index contributed by atoms with van der Waals surface area (Å²) in [6, 6.07) is 19.3. The summed E-state index contributed by atoms with van der Waals surface area (Å²) < 4.78 is 34.8. The monoisotopic (exact) mass is 563 g/mol. The molecular weight excluding hydrogens is 521 g/mol. The van der Waals surface area contributed by atoms with Crippen molar-refractivity contribution < 1.29 is 32.4 Å². The van der Waals surface area contributed by atoms with Crippen LogP contribution in [0.25, 0.3) is 0 Å². The maximum absolute atomic E-state index is 13.2. The van der Waals surface area contributed by atoms with Crippen LogP contribution in [0.4, 0.5) is 4.79 Å². The van der Waals surface area contributed by atoms with Crippen molar-refractivity contribution in [1.29, 1.82) is 0 Å². The van der Waals surface area contributed by atoms with Crippen molar-refractivity contribution in [3.8, 4) is 0 Å². The molecule has 210 valence electrons. The summed E-state index contributed by atoms with van der Waals surface area (Å²) in [5, 5.41) is 4.59. The quantitative estimate of drug-likeness (QED) is 0.290. The van der Waals surface area contributed by atoms with Gasteiger partial charge in [0.2, 0.25) is 0 Å². The Balaban J connectivity index is 2.40. The van der Waals surface area contributed by atoms with Crippen molar-refractivity contribution in [1.82, 2.24) is 5.32 Å². The standard InChI is InChI=1S/C28H42NO7PSi/c1-27(2,3)36-26(31)29-24(25(30)21-37(32,33-7)34-8)19-20-35-38(28(4,5)6,22-15-11-9-12-16-22)23-17-13-10-14-18-23/h9-18,24H,19-21H2,1-8H3,(H,29,31)/t24-/m0/s1. The Morgan fingerprint density at radius 1 is 0.868 bits per heavy atom. The molecule has 0 heterocycles. The minimum Gasteiger partial charge on any atom is -0.444 e. The first-order valence-corrected chi connectivity index (χ1v) is 16.3. The van der Waals surface area contributed by atoms with Crippen LogP contribution >= 0.6 is 7.60 Å². The lowest BCUT2D eigenvalue weighted by atomic mass is 10.1. The number of alkyl carbamates (subject to hydrolysis) is 1. The van der Waals surface area contributed by atoms with Crippen LogP contribution in [0.5, 0.6) is 0 Å². The third kappa shape index (κ3) is 8.35. The highest BCUT2D eigenvalue weighted by Gasteiger charge is 2.50. The molecule has 0 saturated carbocycles. The number of amides is 1. The lowest BCUT2D eigenvalue weighted by Crippen LogP contribution is -2.66. The molecule has 1 atom stereocenters. The van der Waals surface area contributed by atoms with Gasteiger partial charge >= 0.3 is 13.7 Å². The highest BCUT2D eigenvalue weighted by molar-refractivity contribution is 7.54. The zero-order valence-electron chi connectivity index (χ0n) is 23.8. The van der Waals surface area contributed by atoms with Gasteiger partial charge in [0.05, 0.1) is 6.04 Å². The van der Waals surface area contributed by atoms with Crippen LogP contribution in [0.1, 0.15) is 48.0 Å². The predicted molar refractivity (Wildman–Crippen MR) is 153 cm³/mol. The number of carbonyl (C=O) groups is 2. The molecular formula is C28H42NO7PSi. The molecule has 0 radical (unpaired) electrons. The number of rotatable bonds is 12. The van der Waals surface area contributed by atoms with E-state index in [1.54, 1.807) is 20.8 Å². The summed E-state index contributed by atoms with van der Waals surface area (Å²) in [5.41, 5.74) is -0.753. The number of Topliss-reactive ketones (excluding diaryl/α,β-unsaturated/α-hetero) is 1. The van der Waals surface area contributed by atoms with Gasteiger partial charge in [-0.25, -0.2) is 4.79 Å². The third-order valence-electron chi connectivity index (χ3n) is 6.13. The molecule has 1 amide bonds. The van der Waals surface area contributed by atoms with Crippen LogP contribution in [0, 0.1) is 0 Å². The third-order valence-corrected chi connectivity index (χ3v) is 13.0. The normalized spacial score (nSPS) is 13.6. The van der Waals surface area contributed by atoms with E-state index in [2.05, 4.69) is 50.4 Å². The molecule has 0 aliphatic rings. The first kappa shape index (κ1) is 31.9. The second kappa shape index (κ2) is 13.2. The fourth-order valence-corrected chi connectivity index (χ4v) is 9.95. The molecule has 8 nitrogen and oxygen atoms in total. The van der Waals surface area contributed by atoms with Crippen LogP contribution < -0.4 is 15.7 Å². The predicted octanol–water partition coefficient (Wildman–Crippen LogP) is 4.90. The maximum Gasteiger partial charge on any atom is 0.408 e. The fraction of sp³-hybridized carbons (Fsp3) is 0.500. The molecule has 0 unspecified atom stereocenters. The van der Waals surface area contributed by atoms with E-state index >= 15 is 0 Å². The van der Waals surface area contributed by atoms with Gasteiger partial charge in [0.1, 0.15) is 11.8 Å². The molecule has 2 aromatic carbocycles. The van der Waals surface area contributed by atoms with Gasteiger partial charge < -0.3 is 23.5 Å². The van der Waals surface area contributed by atoms with Gasteiger partial charge in [-0.1, -0.05) is 81.4 Å². The van der Waals surface area contributed by atoms with Crippen molar-refractivity contribution in [3.63, 3.8) is 0 Å². The average Bonchev–Trinajstić information content (AvgIpc) is 2.85. The summed E-state index contributed by atoms with van der Waals surface area (Å²) in [4.78, 5) is 25.8. The summed E-state index contributed by atoms with van der Waals surface area (Å²) in [7, 11) is -4.04. The Kier molecular flexibility index (Phi) is 11.1. The second-order valence-corrected chi connectivity index (χ2v) is 17.7. The Morgan fingerprint density at radius 2 is 1.34 bits per heavy atom. The van der Waals surface area contributed by atoms with Gasteiger partial charge in [-0.15, -0.1) is 0 Å². The van der Waals surface area contributed by atoms with Gasteiger partial charge in [0, 0.05) is 20.8 Å². The lowest BCUT2D eigenvalue weighted by molar-refractivity contribution is -0.119. The van der Waals surface area contributed by atoms with Crippen molar-refractivity contribution >= 4 is 38.2 Å². The van der Waals surface area contributed by atoms with Crippen LogP contribution in [-0.4, -0.2) is 58.8 Å². The fourth-order valence-electron chi connectivity index (χ4n) is 4.36. The van der Waals surface area contributed by atoms with E-state index in [-0.39, 0.29) is 18.1 Å². The summed E-state index contributed by atoms with van der Waals surface area (Å²) in [6.45, 7) is 11.9. The van der Waals surface area contributed by atoms with Crippen LogP contribution in [0.2, 0.25) is 5.04 Å². The Labute approximate surface area is 228 Å². The van der Waals surface area contributed by atoms with Gasteiger partial charge in [-0.3, -0.25) is 9.36 Å². The van der Waals surface area contributed by atoms with Crippen molar-refractivity contribution in [3.05, 3.63) is 60.7 Å². The van der Waals surface area contributed by atoms with E-state index in [1.165, 1.54) is 14.2 Å². The molecule has 10 heteroatoms. The van der Waals surface area contributed by atoms with E-state index in [4.69, 9.17) is 18.2 Å². The highest BCUT2D eigenvalue weighted by Crippen LogP contribution is 2.46. The van der Waals surface area contributed by atoms with Gasteiger partial charge in [-0.2, -0.15) is 0 Å². The SMILES string of the molecule is COP(=O)(CC(=O)[C@H](CCO[Si](c1ccccc1)(c1ccccc1)C(C)(C)C)NC(=O)OC(C)(C)C)OC. The number of benzene rings is 2. The Hall–Kier alpha value is -2.29. The van der Waals surface area contributed by atoms with E-state index in [9.17, 15) is 14.2 Å². The van der Waals surface area contributed by atoms with E-state index in [0.29, 0.717) is 0 Å². The van der Waals surface area contributed by atoms with Crippen molar-refractivity contribution in [2.75, 3.05) is 27.0 Å². The topological polar surface area (TPSA) is 100 Å². The molecule has 0 aromatic heterocycles. The molecule has 2 aromatic rings. The number of carbonyl (C=O) groups excluding carboxylic acids is 2. The van der Waals surface area contributed by atoms with E-state index in [0.717, 1.165) is 10.4 Å². The smallest absolute Gasteiger partial charge is 0.408 e. The van der Waals surface area contributed by atoms with Crippen LogP contribution in [0.15, 0.2) is 60.7 Å². The number of hydrogen-bond donors (Lipinski definition) is 1. The Morgan fingerprint density at radius 3 is 1.74 bits per heavy atom. The van der Waals surface area contributed by atoms with E-state index in [1.807, 2.05) is 36.4 Å². The number of ether oxygens (including phenoxy) is 1. The molecule has 0 aliphatic carbocycles. The molecule has 0 fully saturated rings. The number of ketones is 1. The number of hydrogen-bond acceptors (Lipinski definition) is 7. The van der Waals surface area contributed by atoms with E-state index < -0.39 is 45.6 Å². The Bertz CT molecular complexity index is 1050. The summed E-state index contributed by atoms with van der Waals surface area (Å²) in [6.07, 6.45) is -1.08. The summed E-state index contributed by atoms with van der Waals surface area (Å²) >= 11 is 0. The minimum atomic E-state index is -3.64.